The highest BCUT2D eigenvalue weighted by atomic mass is 79.9. The Morgan fingerprint density at radius 2 is 1.86 bits per heavy atom. The van der Waals surface area contributed by atoms with Gasteiger partial charge in [-0.25, -0.2) is 4.79 Å². The molecule has 114 valence electrons. The fraction of sp³-hybridized carbons (Fsp3) is 0.118. The van der Waals surface area contributed by atoms with Crippen molar-refractivity contribution in [3.8, 4) is 0 Å². The molecule has 22 heavy (non-hydrogen) atoms. The van der Waals surface area contributed by atoms with Gasteiger partial charge in [-0.3, -0.25) is 0 Å². The highest BCUT2D eigenvalue weighted by Crippen LogP contribution is 2.11. The standard InChI is InChI=1S/C17H18BrN3O/c18-16-6-4-13(5-7-16)8-9-20-17(22)21-12-15-3-1-2-14(10-15)11-19/h1-10H,11-12,19H2,(H2,20,21,22)/b9-8+. The second-order valence-corrected chi connectivity index (χ2v) is 5.65. The summed E-state index contributed by atoms with van der Waals surface area (Å²) in [4.78, 5) is 11.7. The van der Waals surface area contributed by atoms with E-state index in [2.05, 4.69) is 26.6 Å². The summed E-state index contributed by atoms with van der Waals surface area (Å²) in [5.74, 6) is 0. The average molecular weight is 360 g/mol. The number of hydrogen-bond acceptors (Lipinski definition) is 2. The van der Waals surface area contributed by atoms with Gasteiger partial charge in [0.2, 0.25) is 0 Å². The van der Waals surface area contributed by atoms with E-state index in [0.29, 0.717) is 13.1 Å². The summed E-state index contributed by atoms with van der Waals surface area (Å²) in [5, 5.41) is 5.47. The lowest BCUT2D eigenvalue weighted by molar-refractivity contribution is 0.244. The van der Waals surface area contributed by atoms with Crippen LogP contribution in [0.2, 0.25) is 0 Å². The minimum Gasteiger partial charge on any atom is -0.334 e. The number of carbonyl (C=O) groups is 1. The molecule has 0 atom stereocenters. The predicted molar refractivity (Wildman–Crippen MR) is 92.9 cm³/mol. The molecular formula is C17H18BrN3O. The van der Waals surface area contributed by atoms with Crippen LogP contribution in [0, 0.1) is 0 Å². The predicted octanol–water partition coefficient (Wildman–Crippen LogP) is 3.38. The van der Waals surface area contributed by atoms with Gasteiger partial charge in [-0.1, -0.05) is 52.3 Å². The highest BCUT2D eigenvalue weighted by molar-refractivity contribution is 9.10. The van der Waals surface area contributed by atoms with Crippen molar-refractivity contribution >= 4 is 28.0 Å². The molecule has 2 aromatic carbocycles. The Labute approximate surface area is 138 Å². The van der Waals surface area contributed by atoms with E-state index < -0.39 is 0 Å². The first kappa shape index (κ1) is 16.3. The Hall–Kier alpha value is -2.11. The zero-order chi connectivity index (χ0) is 15.8. The number of urea groups is 1. The third-order valence-corrected chi connectivity index (χ3v) is 3.57. The number of amides is 2. The first-order valence-corrected chi connectivity index (χ1v) is 7.71. The lowest BCUT2D eigenvalue weighted by Gasteiger charge is -2.06. The number of hydrogen-bond donors (Lipinski definition) is 3. The number of benzene rings is 2. The van der Waals surface area contributed by atoms with Crippen molar-refractivity contribution in [1.82, 2.24) is 10.6 Å². The number of rotatable bonds is 5. The molecule has 0 saturated heterocycles. The normalized spacial score (nSPS) is 10.6. The van der Waals surface area contributed by atoms with Crippen LogP contribution in [0.3, 0.4) is 0 Å². The van der Waals surface area contributed by atoms with Gasteiger partial charge >= 0.3 is 6.03 Å². The van der Waals surface area contributed by atoms with E-state index >= 15 is 0 Å². The molecule has 0 aliphatic rings. The van der Waals surface area contributed by atoms with Gasteiger partial charge in [-0.05, 0) is 34.9 Å². The van der Waals surface area contributed by atoms with Crippen LogP contribution in [0.1, 0.15) is 16.7 Å². The molecule has 0 fully saturated rings. The monoisotopic (exact) mass is 359 g/mol. The van der Waals surface area contributed by atoms with E-state index in [0.717, 1.165) is 21.2 Å². The number of nitrogens with one attached hydrogen (secondary N) is 2. The molecule has 0 radical (unpaired) electrons. The number of carbonyl (C=O) groups excluding carboxylic acids is 1. The molecule has 2 amide bonds. The fourth-order valence-corrected chi connectivity index (χ4v) is 2.15. The van der Waals surface area contributed by atoms with Gasteiger partial charge in [-0.15, -0.1) is 0 Å². The van der Waals surface area contributed by atoms with Crippen LogP contribution in [0.25, 0.3) is 6.08 Å². The van der Waals surface area contributed by atoms with Crippen molar-refractivity contribution in [3.63, 3.8) is 0 Å². The van der Waals surface area contributed by atoms with Crippen molar-refractivity contribution in [2.24, 2.45) is 5.73 Å². The van der Waals surface area contributed by atoms with Gasteiger partial charge in [0, 0.05) is 23.8 Å². The molecule has 4 nitrogen and oxygen atoms in total. The summed E-state index contributed by atoms with van der Waals surface area (Å²) in [5.41, 5.74) is 8.68. The molecule has 0 spiro atoms. The van der Waals surface area contributed by atoms with Crippen LogP contribution in [0.4, 0.5) is 4.79 Å². The second-order valence-electron chi connectivity index (χ2n) is 4.74. The SMILES string of the molecule is NCc1cccc(CNC(=O)N/C=C/c2ccc(Br)cc2)c1. The lowest BCUT2D eigenvalue weighted by Crippen LogP contribution is -2.31. The minimum absolute atomic E-state index is 0.244. The summed E-state index contributed by atoms with van der Waals surface area (Å²) < 4.78 is 1.02. The molecule has 2 rings (SSSR count). The number of nitrogens with two attached hydrogens (primary N) is 1. The minimum atomic E-state index is -0.244. The maximum Gasteiger partial charge on any atom is 0.319 e. The molecular weight excluding hydrogens is 342 g/mol. The van der Waals surface area contributed by atoms with Crippen LogP contribution < -0.4 is 16.4 Å². The van der Waals surface area contributed by atoms with Gasteiger partial charge in [-0.2, -0.15) is 0 Å². The third kappa shape index (κ3) is 5.35. The Balaban J connectivity index is 1.79. The van der Waals surface area contributed by atoms with E-state index in [9.17, 15) is 4.79 Å². The highest BCUT2D eigenvalue weighted by Gasteiger charge is 1.99. The molecule has 4 N–H and O–H groups in total. The molecule has 0 aliphatic heterocycles. The molecule has 0 heterocycles. The zero-order valence-electron chi connectivity index (χ0n) is 12.1. The van der Waals surface area contributed by atoms with E-state index in [1.54, 1.807) is 6.20 Å². The molecule has 0 saturated carbocycles. The van der Waals surface area contributed by atoms with Gasteiger partial charge in [0.1, 0.15) is 0 Å². The quantitative estimate of drug-likeness (QED) is 0.765. The Kier molecular flexibility index (Phi) is 6.18. The lowest BCUT2D eigenvalue weighted by atomic mass is 10.1. The van der Waals surface area contributed by atoms with E-state index in [1.165, 1.54) is 0 Å². The molecule has 2 aromatic rings. The largest absolute Gasteiger partial charge is 0.334 e. The number of halogens is 1. The Morgan fingerprint density at radius 1 is 1.14 bits per heavy atom. The van der Waals surface area contributed by atoms with Crippen LogP contribution in [-0.2, 0) is 13.1 Å². The third-order valence-electron chi connectivity index (χ3n) is 3.04. The van der Waals surface area contributed by atoms with E-state index in [4.69, 9.17) is 5.73 Å². The first-order valence-electron chi connectivity index (χ1n) is 6.92. The topological polar surface area (TPSA) is 67.1 Å². The summed E-state index contributed by atoms with van der Waals surface area (Å²) in [6, 6.07) is 15.4. The summed E-state index contributed by atoms with van der Waals surface area (Å²) >= 11 is 3.38. The Bertz CT molecular complexity index is 653. The van der Waals surface area contributed by atoms with Crippen LogP contribution in [0.5, 0.6) is 0 Å². The smallest absolute Gasteiger partial charge is 0.319 e. The second kappa shape index (κ2) is 8.36. The summed E-state index contributed by atoms with van der Waals surface area (Å²) in [7, 11) is 0. The van der Waals surface area contributed by atoms with Crippen molar-refractivity contribution in [3.05, 3.63) is 75.9 Å². The van der Waals surface area contributed by atoms with Gasteiger partial charge in [0.15, 0.2) is 0 Å². The summed E-state index contributed by atoms with van der Waals surface area (Å²) in [6.45, 7) is 0.960. The molecule has 0 bridgehead atoms. The average Bonchev–Trinajstić information content (AvgIpc) is 2.55. The van der Waals surface area contributed by atoms with Crippen LogP contribution >= 0.6 is 15.9 Å². The Morgan fingerprint density at radius 3 is 2.59 bits per heavy atom. The first-order chi connectivity index (χ1) is 10.7. The maximum absolute atomic E-state index is 11.7. The van der Waals surface area contributed by atoms with E-state index in [-0.39, 0.29) is 6.03 Å². The maximum atomic E-state index is 11.7. The van der Waals surface area contributed by atoms with Crippen LogP contribution in [0.15, 0.2) is 59.2 Å². The van der Waals surface area contributed by atoms with Gasteiger partial charge in [0.25, 0.3) is 0 Å². The van der Waals surface area contributed by atoms with E-state index in [1.807, 2.05) is 54.6 Å². The van der Waals surface area contributed by atoms with Crippen molar-refractivity contribution in [2.45, 2.75) is 13.1 Å². The van der Waals surface area contributed by atoms with Gasteiger partial charge < -0.3 is 16.4 Å². The van der Waals surface area contributed by atoms with Crippen molar-refractivity contribution in [1.29, 1.82) is 0 Å². The van der Waals surface area contributed by atoms with Crippen molar-refractivity contribution in [2.75, 3.05) is 0 Å². The molecule has 5 heteroatoms. The molecule has 0 unspecified atom stereocenters. The van der Waals surface area contributed by atoms with Crippen LogP contribution in [-0.4, -0.2) is 6.03 Å². The fourth-order valence-electron chi connectivity index (χ4n) is 1.89. The van der Waals surface area contributed by atoms with Crippen molar-refractivity contribution < 1.29 is 4.79 Å². The molecule has 0 aliphatic carbocycles. The van der Waals surface area contributed by atoms with Gasteiger partial charge in [0.05, 0.1) is 0 Å². The summed E-state index contributed by atoms with van der Waals surface area (Å²) in [6.07, 6.45) is 3.45. The zero-order valence-corrected chi connectivity index (χ0v) is 13.6. The molecule has 0 aromatic heterocycles.